The number of aryl methyl sites for hydroxylation is 1. The summed E-state index contributed by atoms with van der Waals surface area (Å²) in [4.78, 5) is 4.92. The number of anilines is 2. The van der Waals surface area contributed by atoms with Crippen molar-refractivity contribution in [2.24, 2.45) is 5.92 Å². The van der Waals surface area contributed by atoms with Crippen molar-refractivity contribution >= 4 is 22.2 Å². The van der Waals surface area contributed by atoms with Crippen molar-refractivity contribution in [1.82, 2.24) is 4.37 Å². The van der Waals surface area contributed by atoms with Crippen molar-refractivity contribution in [3.05, 3.63) is 41.1 Å². The lowest BCUT2D eigenvalue weighted by atomic mass is 9.96. The third-order valence-electron chi connectivity index (χ3n) is 5.32. The highest BCUT2D eigenvalue weighted by Gasteiger charge is 2.27. The van der Waals surface area contributed by atoms with Crippen LogP contribution < -0.4 is 9.80 Å². The minimum atomic E-state index is 0.743. The van der Waals surface area contributed by atoms with Gasteiger partial charge in [-0.15, -0.1) is 0 Å². The third kappa shape index (κ3) is 2.76. The van der Waals surface area contributed by atoms with Gasteiger partial charge in [0.2, 0.25) is 0 Å². The maximum atomic E-state index is 9.34. The van der Waals surface area contributed by atoms with Gasteiger partial charge in [0.1, 0.15) is 16.6 Å². The lowest BCUT2D eigenvalue weighted by molar-refractivity contribution is 0.406. The summed E-state index contributed by atoms with van der Waals surface area (Å²) in [7, 11) is 0. The highest BCUT2D eigenvalue weighted by Crippen LogP contribution is 2.33. The van der Waals surface area contributed by atoms with Gasteiger partial charge in [-0.25, -0.2) is 0 Å². The van der Waals surface area contributed by atoms with Gasteiger partial charge in [0.25, 0.3) is 0 Å². The molecule has 5 heteroatoms. The van der Waals surface area contributed by atoms with E-state index >= 15 is 0 Å². The molecule has 2 aliphatic rings. The van der Waals surface area contributed by atoms with Gasteiger partial charge < -0.3 is 9.80 Å². The van der Waals surface area contributed by atoms with E-state index in [1.807, 2.05) is 6.92 Å². The van der Waals surface area contributed by atoms with E-state index in [1.165, 1.54) is 42.0 Å². The number of para-hydroxylation sites is 1. The van der Waals surface area contributed by atoms with E-state index in [0.717, 1.165) is 48.4 Å². The fourth-order valence-corrected chi connectivity index (χ4v) is 4.83. The van der Waals surface area contributed by atoms with Gasteiger partial charge in [-0.3, -0.25) is 0 Å². The summed E-state index contributed by atoms with van der Waals surface area (Å²) in [6.45, 7) is 6.33. The summed E-state index contributed by atoms with van der Waals surface area (Å²) >= 11 is 1.48. The highest BCUT2D eigenvalue weighted by molar-refractivity contribution is 7.10. The monoisotopic (exact) mass is 338 g/mol. The fraction of sp³-hybridized carbons (Fsp3) is 0.474. The van der Waals surface area contributed by atoms with Gasteiger partial charge in [0.05, 0.1) is 5.69 Å². The van der Waals surface area contributed by atoms with Gasteiger partial charge in [0.15, 0.2) is 0 Å². The summed E-state index contributed by atoms with van der Waals surface area (Å²) in [6, 6.07) is 11.1. The van der Waals surface area contributed by atoms with Crippen LogP contribution in [0, 0.1) is 24.2 Å². The van der Waals surface area contributed by atoms with Crippen LogP contribution >= 0.6 is 11.5 Å². The number of aromatic nitrogens is 1. The molecule has 4 nitrogen and oxygen atoms in total. The van der Waals surface area contributed by atoms with Crippen molar-refractivity contribution < 1.29 is 0 Å². The quantitative estimate of drug-likeness (QED) is 0.857. The standard InChI is InChI=1S/C19H22N4S/c1-14-17(12-20)19(24-21-14)22-9-6-15(7-10-22)13-23-11-8-16-4-2-3-5-18(16)23/h2-5,15H,6-11,13H2,1H3. The molecule has 24 heavy (non-hydrogen) atoms. The average molecular weight is 338 g/mol. The highest BCUT2D eigenvalue weighted by atomic mass is 32.1. The van der Waals surface area contributed by atoms with Gasteiger partial charge in [-0.1, -0.05) is 18.2 Å². The minimum Gasteiger partial charge on any atom is -0.371 e. The normalized spacial score (nSPS) is 17.8. The largest absolute Gasteiger partial charge is 0.371 e. The second kappa shape index (κ2) is 6.45. The smallest absolute Gasteiger partial charge is 0.130 e. The molecule has 0 aliphatic carbocycles. The first-order valence-corrected chi connectivity index (χ1v) is 9.48. The molecule has 2 aromatic rings. The second-order valence-corrected chi connectivity index (χ2v) is 7.57. The van der Waals surface area contributed by atoms with Crippen molar-refractivity contribution in [3.63, 3.8) is 0 Å². The maximum Gasteiger partial charge on any atom is 0.130 e. The van der Waals surface area contributed by atoms with Crippen LogP contribution in [-0.4, -0.2) is 30.6 Å². The van der Waals surface area contributed by atoms with Crippen LogP contribution in [-0.2, 0) is 6.42 Å². The van der Waals surface area contributed by atoms with Crippen LogP contribution in [0.1, 0.15) is 29.7 Å². The molecule has 0 N–H and O–H groups in total. The fourth-order valence-electron chi connectivity index (χ4n) is 3.93. The summed E-state index contributed by atoms with van der Waals surface area (Å²) in [5, 5.41) is 10.4. The first-order valence-electron chi connectivity index (χ1n) is 8.70. The zero-order chi connectivity index (χ0) is 16.5. The molecule has 0 atom stereocenters. The average Bonchev–Trinajstić information content (AvgIpc) is 3.19. The zero-order valence-corrected chi connectivity index (χ0v) is 14.9. The van der Waals surface area contributed by atoms with E-state index in [4.69, 9.17) is 0 Å². The van der Waals surface area contributed by atoms with Crippen LogP contribution in [0.5, 0.6) is 0 Å². The van der Waals surface area contributed by atoms with E-state index in [0.29, 0.717) is 0 Å². The Labute approximate surface area is 147 Å². The Hall–Kier alpha value is -2.06. The molecule has 0 spiro atoms. The SMILES string of the molecule is Cc1nsc(N2CCC(CN3CCc4ccccc43)CC2)c1C#N. The van der Waals surface area contributed by atoms with Gasteiger partial charge in [-0.05, 0) is 55.3 Å². The number of rotatable bonds is 3. The molecule has 3 heterocycles. The number of benzene rings is 1. The summed E-state index contributed by atoms with van der Waals surface area (Å²) in [5.41, 5.74) is 4.57. The molecule has 1 fully saturated rings. The number of piperidine rings is 1. The maximum absolute atomic E-state index is 9.34. The van der Waals surface area contributed by atoms with Gasteiger partial charge in [-0.2, -0.15) is 9.64 Å². The Morgan fingerprint density at radius 2 is 2.04 bits per heavy atom. The first-order chi connectivity index (χ1) is 11.8. The van der Waals surface area contributed by atoms with Crippen LogP contribution in [0.3, 0.4) is 0 Å². The predicted molar refractivity (Wildman–Crippen MR) is 98.9 cm³/mol. The van der Waals surface area contributed by atoms with Gasteiger partial charge in [0, 0.05) is 31.9 Å². The van der Waals surface area contributed by atoms with Crippen molar-refractivity contribution in [2.75, 3.05) is 36.0 Å². The Morgan fingerprint density at radius 1 is 1.25 bits per heavy atom. The first kappa shape index (κ1) is 15.5. The van der Waals surface area contributed by atoms with Crippen LogP contribution in [0.4, 0.5) is 10.7 Å². The Bertz CT molecular complexity index is 768. The summed E-state index contributed by atoms with van der Waals surface area (Å²) < 4.78 is 4.36. The molecule has 0 saturated carbocycles. The number of nitrogens with zero attached hydrogens (tertiary/aromatic N) is 4. The number of hydrogen-bond donors (Lipinski definition) is 0. The lowest BCUT2D eigenvalue weighted by Gasteiger charge is -2.35. The predicted octanol–water partition coefficient (Wildman–Crippen LogP) is 3.60. The van der Waals surface area contributed by atoms with E-state index in [2.05, 4.69) is 44.5 Å². The molecule has 1 saturated heterocycles. The number of hydrogen-bond acceptors (Lipinski definition) is 5. The lowest BCUT2D eigenvalue weighted by Crippen LogP contribution is -2.38. The summed E-state index contributed by atoms with van der Waals surface area (Å²) in [5.74, 6) is 0.743. The molecule has 0 amide bonds. The zero-order valence-electron chi connectivity index (χ0n) is 14.0. The molecule has 4 rings (SSSR count). The molecule has 0 bridgehead atoms. The van der Waals surface area contributed by atoms with E-state index in [9.17, 15) is 5.26 Å². The molecule has 2 aliphatic heterocycles. The van der Waals surface area contributed by atoms with E-state index < -0.39 is 0 Å². The van der Waals surface area contributed by atoms with Crippen molar-refractivity contribution in [2.45, 2.75) is 26.2 Å². The number of fused-ring (bicyclic) bond motifs is 1. The molecule has 1 aromatic carbocycles. The minimum absolute atomic E-state index is 0.743. The van der Waals surface area contributed by atoms with Crippen LogP contribution in [0.2, 0.25) is 0 Å². The molecule has 124 valence electrons. The van der Waals surface area contributed by atoms with E-state index in [1.54, 1.807) is 0 Å². The van der Waals surface area contributed by atoms with Crippen molar-refractivity contribution in [3.8, 4) is 6.07 Å². The third-order valence-corrected chi connectivity index (χ3v) is 6.32. The topological polar surface area (TPSA) is 43.2 Å². The van der Waals surface area contributed by atoms with Crippen molar-refractivity contribution in [1.29, 1.82) is 5.26 Å². The van der Waals surface area contributed by atoms with Gasteiger partial charge >= 0.3 is 0 Å². The summed E-state index contributed by atoms with van der Waals surface area (Å²) in [6.07, 6.45) is 3.57. The van der Waals surface area contributed by atoms with E-state index in [-0.39, 0.29) is 0 Å². The second-order valence-electron chi connectivity index (χ2n) is 6.82. The van der Waals surface area contributed by atoms with Crippen LogP contribution in [0.15, 0.2) is 24.3 Å². The Morgan fingerprint density at radius 3 is 2.83 bits per heavy atom. The Kier molecular flexibility index (Phi) is 4.15. The number of nitriles is 1. The molecule has 0 radical (unpaired) electrons. The Balaban J connectivity index is 1.38. The molecular formula is C19H22N4S. The molecule has 0 unspecified atom stereocenters. The molecular weight excluding hydrogens is 316 g/mol. The van der Waals surface area contributed by atoms with Crippen LogP contribution in [0.25, 0.3) is 0 Å². The molecule has 1 aromatic heterocycles.